The first kappa shape index (κ1) is 39.7. The van der Waals surface area contributed by atoms with Crippen LogP contribution < -0.4 is 0 Å². The van der Waals surface area contributed by atoms with Crippen molar-refractivity contribution in [1.82, 2.24) is 19.9 Å². The zero-order valence-corrected chi connectivity index (χ0v) is 36.5. The quantitative estimate of drug-likeness (QED) is 0.145. The van der Waals surface area contributed by atoms with Crippen LogP contribution in [-0.2, 0) is 5.41 Å². The van der Waals surface area contributed by atoms with Crippen LogP contribution in [0.25, 0.3) is 90.1 Å². The van der Waals surface area contributed by atoms with Crippen LogP contribution in [0.2, 0.25) is 0 Å². The minimum atomic E-state index is -0.587. The summed E-state index contributed by atoms with van der Waals surface area (Å²) in [7, 11) is 0. The molecule has 1 aliphatic rings. The standard InChI is InChI=1S/C63H42N4/c1-7-21-43(22-8-1)49-39-58(45-23-9-2-10-24-45)64-59(40-49)55-42-57-54(52-33-19-20-34-56(52)63(57,50-29-15-5-16-30-50)51-31-17-6-18-32-51)41-53(55)44-35-37-48(38-36-44)62-66-60(46-25-11-3-12-26-46)65-61(67-62)47-27-13-4-14-28-47/h1-42H. The number of pyridine rings is 1. The van der Waals surface area contributed by atoms with Crippen molar-refractivity contribution in [3.63, 3.8) is 0 Å². The summed E-state index contributed by atoms with van der Waals surface area (Å²) in [5.74, 6) is 1.88. The van der Waals surface area contributed by atoms with Gasteiger partial charge < -0.3 is 0 Å². The lowest BCUT2D eigenvalue weighted by atomic mass is 9.67. The summed E-state index contributed by atoms with van der Waals surface area (Å²) in [4.78, 5) is 20.6. The maximum atomic E-state index is 5.57. The predicted molar refractivity (Wildman–Crippen MR) is 273 cm³/mol. The molecule has 0 saturated heterocycles. The van der Waals surface area contributed by atoms with Crippen LogP contribution in [0.5, 0.6) is 0 Å². The number of hydrogen-bond donors (Lipinski definition) is 0. The number of fused-ring (bicyclic) bond motifs is 3. The van der Waals surface area contributed by atoms with Crippen LogP contribution >= 0.6 is 0 Å². The summed E-state index contributed by atoms with van der Waals surface area (Å²) in [5, 5.41) is 0. The second-order valence-corrected chi connectivity index (χ2v) is 16.9. The molecule has 0 radical (unpaired) electrons. The van der Waals surface area contributed by atoms with Gasteiger partial charge in [0.2, 0.25) is 0 Å². The van der Waals surface area contributed by atoms with Gasteiger partial charge in [-0.3, -0.25) is 0 Å². The Morgan fingerprint density at radius 3 is 1.18 bits per heavy atom. The number of nitrogens with zero attached hydrogens (tertiary/aromatic N) is 4. The molecule has 0 aliphatic heterocycles. The highest BCUT2D eigenvalue weighted by Crippen LogP contribution is 2.58. The van der Waals surface area contributed by atoms with Crippen LogP contribution in [0, 0.1) is 0 Å². The summed E-state index contributed by atoms with van der Waals surface area (Å²) < 4.78 is 0. The fraction of sp³-hybridized carbons (Fsp3) is 0.0159. The average molecular weight is 855 g/mol. The van der Waals surface area contributed by atoms with Crippen molar-refractivity contribution in [2.45, 2.75) is 5.41 Å². The van der Waals surface area contributed by atoms with Crippen LogP contribution in [0.15, 0.2) is 255 Å². The van der Waals surface area contributed by atoms with Crippen LogP contribution in [0.4, 0.5) is 0 Å². The van der Waals surface area contributed by atoms with Gasteiger partial charge in [-0.1, -0.05) is 231 Å². The molecule has 0 atom stereocenters. The molecule has 0 N–H and O–H groups in total. The third-order valence-corrected chi connectivity index (χ3v) is 13.0. The fourth-order valence-corrected chi connectivity index (χ4v) is 9.90. The topological polar surface area (TPSA) is 51.6 Å². The molecule has 0 saturated carbocycles. The molecule has 67 heavy (non-hydrogen) atoms. The molecule has 2 heterocycles. The van der Waals surface area contributed by atoms with Gasteiger partial charge >= 0.3 is 0 Å². The van der Waals surface area contributed by atoms with E-state index in [1.807, 2.05) is 60.7 Å². The third kappa shape index (κ3) is 7.13. The highest BCUT2D eigenvalue weighted by atomic mass is 15.0. The zero-order valence-electron chi connectivity index (χ0n) is 36.5. The SMILES string of the molecule is c1ccc(-c2cc(-c3ccccc3)nc(-c3cc4c(cc3-c3ccc(-c5nc(-c6ccccc6)nc(-c6ccccc6)n5)cc3)-c3ccccc3C4(c3ccccc3)c3ccccc3)c2)cc1. The van der Waals surface area contributed by atoms with E-state index < -0.39 is 5.41 Å². The number of hydrogen-bond acceptors (Lipinski definition) is 4. The van der Waals surface area contributed by atoms with E-state index in [0.29, 0.717) is 17.5 Å². The van der Waals surface area contributed by atoms with Gasteiger partial charge in [0.1, 0.15) is 0 Å². The van der Waals surface area contributed by atoms with E-state index in [-0.39, 0.29) is 0 Å². The molecule has 314 valence electrons. The minimum Gasteiger partial charge on any atom is -0.248 e. The molecule has 4 nitrogen and oxygen atoms in total. The molecule has 0 bridgehead atoms. The van der Waals surface area contributed by atoms with Crippen molar-refractivity contribution in [2.75, 3.05) is 0 Å². The molecule has 2 aromatic heterocycles. The van der Waals surface area contributed by atoms with Crippen molar-refractivity contribution >= 4 is 0 Å². The normalized spacial score (nSPS) is 12.3. The Hall–Kier alpha value is -8.86. The summed E-state index contributed by atoms with van der Waals surface area (Å²) in [6.07, 6.45) is 0. The van der Waals surface area contributed by atoms with E-state index in [0.717, 1.165) is 61.5 Å². The van der Waals surface area contributed by atoms with Gasteiger partial charge in [0.15, 0.2) is 17.5 Å². The Morgan fingerprint density at radius 1 is 0.224 bits per heavy atom. The first-order valence-electron chi connectivity index (χ1n) is 22.7. The minimum absolute atomic E-state index is 0.587. The van der Waals surface area contributed by atoms with Gasteiger partial charge in [-0.15, -0.1) is 0 Å². The Morgan fingerprint density at radius 2 is 0.642 bits per heavy atom. The van der Waals surface area contributed by atoms with Crippen molar-refractivity contribution in [1.29, 1.82) is 0 Å². The summed E-state index contributed by atoms with van der Waals surface area (Å²) in [6.45, 7) is 0. The van der Waals surface area contributed by atoms with Crippen molar-refractivity contribution in [3.8, 4) is 90.1 Å². The predicted octanol–water partition coefficient (Wildman–Crippen LogP) is 15.3. The van der Waals surface area contributed by atoms with Gasteiger partial charge in [0.25, 0.3) is 0 Å². The maximum Gasteiger partial charge on any atom is 0.164 e. The molecule has 4 heteroatoms. The fourth-order valence-electron chi connectivity index (χ4n) is 9.90. The van der Waals surface area contributed by atoms with Gasteiger partial charge in [-0.2, -0.15) is 0 Å². The first-order valence-corrected chi connectivity index (χ1v) is 22.7. The third-order valence-electron chi connectivity index (χ3n) is 13.0. The smallest absolute Gasteiger partial charge is 0.164 e. The van der Waals surface area contributed by atoms with E-state index in [1.165, 1.54) is 33.4 Å². The molecule has 11 aromatic rings. The number of aromatic nitrogens is 4. The summed E-state index contributed by atoms with van der Waals surface area (Å²) in [5.41, 5.74) is 17.8. The largest absolute Gasteiger partial charge is 0.248 e. The monoisotopic (exact) mass is 854 g/mol. The number of benzene rings is 9. The van der Waals surface area contributed by atoms with Crippen LogP contribution in [0.3, 0.4) is 0 Å². The lowest BCUT2D eigenvalue weighted by Gasteiger charge is -2.34. The number of rotatable bonds is 9. The highest BCUT2D eigenvalue weighted by molar-refractivity contribution is 5.95. The van der Waals surface area contributed by atoms with Crippen molar-refractivity contribution < 1.29 is 0 Å². The van der Waals surface area contributed by atoms with Crippen molar-refractivity contribution in [3.05, 3.63) is 277 Å². The average Bonchev–Trinajstić information content (AvgIpc) is 3.72. The summed E-state index contributed by atoms with van der Waals surface area (Å²) in [6, 6.07) is 90.3. The Kier molecular flexibility index (Phi) is 10.0. The molecule has 12 rings (SSSR count). The van der Waals surface area contributed by atoms with Gasteiger partial charge in [0.05, 0.1) is 16.8 Å². The van der Waals surface area contributed by atoms with Crippen LogP contribution in [-0.4, -0.2) is 19.9 Å². The second kappa shape index (κ2) is 16.9. The molecular formula is C63H42N4. The molecule has 0 unspecified atom stereocenters. The molecular weight excluding hydrogens is 813 g/mol. The van der Waals surface area contributed by atoms with E-state index in [9.17, 15) is 0 Å². The van der Waals surface area contributed by atoms with E-state index in [2.05, 4.69) is 194 Å². The molecule has 0 fully saturated rings. The van der Waals surface area contributed by atoms with E-state index in [4.69, 9.17) is 19.9 Å². The second-order valence-electron chi connectivity index (χ2n) is 16.9. The maximum absolute atomic E-state index is 5.57. The molecule has 1 aliphatic carbocycles. The highest BCUT2D eigenvalue weighted by Gasteiger charge is 2.46. The van der Waals surface area contributed by atoms with Crippen LogP contribution in [0.1, 0.15) is 22.3 Å². The molecule has 9 aromatic carbocycles. The van der Waals surface area contributed by atoms with Gasteiger partial charge in [0, 0.05) is 27.8 Å². The lowest BCUT2D eigenvalue weighted by molar-refractivity contribution is 0.769. The Labute approximate surface area is 390 Å². The lowest BCUT2D eigenvalue weighted by Crippen LogP contribution is -2.28. The zero-order chi connectivity index (χ0) is 44.6. The van der Waals surface area contributed by atoms with E-state index >= 15 is 0 Å². The van der Waals surface area contributed by atoms with Crippen molar-refractivity contribution in [2.24, 2.45) is 0 Å². The molecule has 0 amide bonds. The summed E-state index contributed by atoms with van der Waals surface area (Å²) >= 11 is 0. The Bertz CT molecular complexity index is 3370. The van der Waals surface area contributed by atoms with Gasteiger partial charge in [-0.05, 0) is 79.9 Å². The molecule has 0 spiro atoms. The van der Waals surface area contributed by atoms with E-state index in [1.54, 1.807) is 0 Å². The Balaban J connectivity index is 1.11. The first-order chi connectivity index (χ1) is 33.2. The van der Waals surface area contributed by atoms with Gasteiger partial charge in [-0.25, -0.2) is 19.9 Å².